The number of hydrogen-bond acceptors (Lipinski definition) is 2. The standard InChI is InChI=1S/C20H16F3N3O/c21-20(22,23)16-6-9-18-15(13-16)3-1-11-25(18)19(27)14-4-7-17(8-5-14)26-12-2-10-24-26/h2,4-10,12-13H,1,3,11H2. The van der Waals surface area contributed by atoms with Crippen LogP contribution in [0.25, 0.3) is 5.69 Å². The summed E-state index contributed by atoms with van der Waals surface area (Å²) in [5, 5.41) is 4.14. The Bertz CT molecular complexity index is 963. The number of anilines is 1. The predicted molar refractivity (Wildman–Crippen MR) is 95.0 cm³/mol. The summed E-state index contributed by atoms with van der Waals surface area (Å²) in [4.78, 5) is 14.5. The number of alkyl halides is 3. The third-order valence-corrected chi connectivity index (χ3v) is 4.65. The van der Waals surface area contributed by atoms with Crippen molar-refractivity contribution in [3.63, 3.8) is 0 Å². The van der Waals surface area contributed by atoms with Gasteiger partial charge in [-0.25, -0.2) is 4.68 Å². The van der Waals surface area contributed by atoms with Crippen molar-refractivity contribution in [3.8, 4) is 5.69 Å². The lowest BCUT2D eigenvalue weighted by Gasteiger charge is -2.30. The van der Waals surface area contributed by atoms with Crippen LogP contribution in [0.3, 0.4) is 0 Å². The van der Waals surface area contributed by atoms with Gasteiger partial charge in [0.15, 0.2) is 0 Å². The van der Waals surface area contributed by atoms with Gasteiger partial charge in [0.1, 0.15) is 0 Å². The molecule has 138 valence electrons. The third kappa shape index (κ3) is 3.32. The van der Waals surface area contributed by atoms with E-state index >= 15 is 0 Å². The van der Waals surface area contributed by atoms with Crippen LogP contribution in [0.2, 0.25) is 0 Å². The lowest BCUT2D eigenvalue weighted by atomic mass is 9.98. The Morgan fingerprint density at radius 1 is 1.07 bits per heavy atom. The average molecular weight is 371 g/mol. The molecule has 4 rings (SSSR count). The maximum atomic E-state index is 12.9. The number of carbonyl (C=O) groups excluding carboxylic acids is 1. The number of amides is 1. The Morgan fingerprint density at radius 3 is 2.52 bits per heavy atom. The van der Waals surface area contributed by atoms with Crippen molar-refractivity contribution in [3.05, 3.63) is 77.6 Å². The molecule has 0 N–H and O–H groups in total. The summed E-state index contributed by atoms with van der Waals surface area (Å²) in [5.41, 5.74) is 1.73. The molecule has 1 aromatic heterocycles. The smallest absolute Gasteiger partial charge is 0.308 e. The molecule has 2 aromatic carbocycles. The Kier molecular flexibility index (Phi) is 4.22. The molecule has 1 amide bonds. The van der Waals surface area contributed by atoms with E-state index in [1.165, 1.54) is 6.07 Å². The van der Waals surface area contributed by atoms with Gasteiger partial charge in [-0.1, -0.05) is 0 Å². The summed E-state index contributed by atoms with van der Waals surface area (Å²) in [6, 6.07) is 12.4. The first-order chi connectivity index (χ1) is 12.9. The number of fused-ring (bicyclic) bond motifs is 1. The maximum absolute atomic E-state index is 12.9. The van der Waals surface area contributed by atoms with E-state index in [0.29, 0.717) is 36.2 Å². The molecule has 0 aliphatic carbocycles. The van der Waals surface area contributed by atoms with Crippen LogP contribution in [0, 0.1) is 0 Å². The van der Waals surface area contributed by atoms with Gasteiger partial charge in [-0.2, -0.15) is 18.3 Å². The van der Waals surface area contributed by atoms with E-state index in [1.807, 2.05) is 0 Å². The fourth-order valence-electron chi connectivity index (χ4n) is 3.32. The number of aryl methyl sites for hydroxylation is 1. The first kappa shape index (κ1) is 17.3. The quantitative estimate of drug-likeness (QED) is 0.666. The number of carbonyl (C=O) groups is 1. The topological polar surface area (TPSA) is 38.1 Å². The van der Waals surface area contributed by atoms with E-state index in [9.17, 15) is 18.0 Å². The minimum absolute atomic E-state index is 0.220. The van der Waals surface area contributed by atoms with Gasteiger partial charge in [-0.15, -0.1) is 0 Å². The van der Waals surface area contributed by atoms with Crippen LogP contribution >= 0.6 is 0 Å². The molecule has 0 saturated heterocycles. The molecule has 0 atom stereocenters. The molecule has 1 aliphatic heterocycles. The van der Waals surface area contributed by atoms with Crippen molar-refractivity contribution in [1.29, 1.82) is 0 Å². The van der Waals surface area contributed by atoms with Gasteiger partial charge < -0.3 is 4.90 Å². The second kappa shape index (κ2) is 6.57. The first-order valence-corrected chi connectivity index (χ1v) is 8.55. The van der Waals surface area contributed by atoms with Gasteiger partial charge in [0.2, 0.25) is 0 Å². The van der Waals surface area contributed by atoms with Gasteiger partial charge in [0.05, 0.1) is 11.3 Å². The molecule has 3 aromatic rings. The van der Waals surface area contributed by atoms with Crippen LogP contribution in [0.4, 0.5) is 18.9 Å². The molecule has 0 unspecified atom stereocenters. The fraction of sp³-hybridized carbons (Fsp3) is 0.200. The number of hydrogen-bond donors (Lipinski definition) is 0. The average Bonchev–Trinajstić information content (AvgIpc) is 3.21. The van der Waals surface area contributed by atoms with Gasteiger partial charge in [-0.05, 0) is 66.9 Å². The van der Waals surface area contributed by atoms with Crippen molar-refractivity contribution >= 4 is 11.6 Å². The van der Waals surface area contributed by atoms with Gasteiger partial charge in [0, 0.05) is 30.2 Å². The molecule has 1 aliphatic rings. The summed E-state index contributed by atoms with van der Waals surface area (Å²) in [6.45, 7) is 0.484. The molecule has 0 fully saturated rings. The first-order valence-electron chi connectivity index (χ1n) is 8.55. The maximum Gasteiger partial charge on any atom is 0.416 e. The van der Waals surface area contributed by atoms with Crippen molar-refractivity contribution in [1.82, 2.24) is 9.78 Å². The van der Waals surface area contributed by atoms with Crippen molar-refractivity contribution in [2.45, 2.75) is 19.0 Å². The predicted octanol–water partition coefficient (Wildman–Crippen LogP) is 4.48. The lowest BCUT2D eigenvalue weighted by molar-refractivity contribution is -0.137. The van der Waals surface area contributed by atoms with Crippen LogP contribution in [0.1, 0.15) is 27.9 Å². The van der Waals surface area contributed by atoms with Crippen LogP contribution < -0.4 is 4.90 Å². The van der Waals surface area contributed by atoms with E-state index in [4.69, 9.17) is 0 Å². The zero-order valence-corrected chi connectivity index (χ0v) is 14.3. The Morgan fingerprint density at radius 2 is 1.85 bits per heavy atom. The number of halogens is 3. The molecule has 0 spiro atoms. The van der Waals surface area contributed by atoms with Crippen molar-refractivity contribution in [2.24, 2.45) is 0 Å². The highest BCUT2D eigenvalue weighted by Crippen LogP contribution is 2.35. The second-order valence-corrected chi connectivity index (χ2v) is 6.40. The van der Waals surface area contributed by atoms with E-state index in [-0.39, 0.29) is 5.91 Å². The SMILES string of the molecule is O=C(c1ccc(-n2cccn2)cc1)N1CCCc2cc(C(F)(F)F)ccc21. The summed E-state index contributed by atoms with van der Waals surface area (Å²) < 4.78 is 40.5. The van der Waals surface area contributed by atoms with Crippen LogP contribution in [-0.2, 0) is 12.6 Å². The van der Waals surface area contributed by atoms with Crippen molar-refractivity contribution < 1.29 is 18.0 Å². The van der Waals surface area contributed by atoms with E-state index in [1.54, 1.807) is 52.3 Å². The molecular weight excluding hydrogens is 355 g/mol. The minimum Gasteiger partial charge on any atom is -0.308 e. The fourth-order valence-corrected chi connectivity index (χ4v) is 3.32. The normalized spacial score (nSPS) is 14.1. The molecule has 0 saturated carbocycles. The molecule has 0 radical (unpaired) electrons. The number of rotatable bonds is 2. The highest BCUT2D eigenvalue weighted by Gasteiger charge is 2.32. The zero-order valence-electron chi connectivity index (χ0n) is 14.3. The summed E-state index contributed by atoms with van der Waals surface area (Å²) in [6.07, 6.45) is 0.241. The van der Waals surface area contributed by atoms with Crippen molar-refractivity contribution in [2.75, 3.05) is 11.4 Å². The molecule has 4 nitrogen and oxygen atoms in total. The van der Waals surface area contributed by atoms with E-state index < -0.39 is 11.7 Å². The van der Waals surface area contributed by atoms with Gasteiger partial charge in [-0.3, -0.25) is 4.79 Å². The molecule has 0 bridgehead atoms. The summed E-state index contributed by atoms with van der Waals surface area (Å²) in [5.74, 6) is -0.220. The minimum atomic E-state index is -4.39. The van der Waals surface area contributed by atoms with Gasteiger partial charge in [0.25, 0.3) is 5.91 Å². The molecule has 2 heterocycles. The molecular formula is C20H16F3N3O. The van der Waals surface area contributed by atoms with E-state index in [2.05, 4.69) is 5.10 Å². The van der Waals surface area contributed by atoms with E-state index in [0.717, 1.165) is 17.8 Å². The van der Waals surface area contributed by atoms with Crippen LogP contribution in [-0.4, -0.2) is 22.2 Å². The summed E-state index contributed by atoms with van der Waals surface area (Å²) >= 11 is 0. The third-order valence-electron chi connectivity index (χ3n) is 4.65. The zero-order chi connectivity index (χ0) is 19.0. The largest absolute Gasteiger partial charge is 0.416 e. The second-order valence-electron chi connectivity index (χ2n) is 6.40. The van der Waals surface area contributed by atoms with Crippen LogP contribution in [0.15, 0.2) is 60.9 Å². The number of aromatic nitrogens is 2. The number of benzene rings is 2. The monoisotopic (exact) mass is 371 g/mol. The Labute approximate surface area is 153 Å². The lowest BCUT2D eigenvalue weighted by Crippen LogP contribution is -2.35. The highest BCUT2D eigenvalue weighted by atomic mass is 19.4. The summed E-state index contributed by atoms with van der Waals surface area (Å²) in [7, 11) is 0. The van der Waals surface area contributed by atoms with Crippen LogP contribution in [0.5, 0.6) is 0 Å². The molecule has 27 heavy (non-hydrogen) atoms. The Hall–Kier alpha value is -3.09. The Balaban J connectivity index is 1.62. The number of nitrogens with zero attached hydrogens (tertiary/aromatic N) is 3. The van der Waals surface area contributed by atoms with Gasteiger partial charge >= 0.3 is 6.18 Å². The highest BCUT2D eigenvalue weighted by molar-refractivity contribution is 6.06. The molecule has 7 heteroatoms.